The molecule has 0 spiro atoms. The van der Waals surface area contributed by atoms with Gasteiger partial charge in [0, 0.05) is 12.1 Å². The number of β-amino-alcohol motifs (C(OH)–C–C–N with tert-alkyl or cyclic N) is 1. The molecule has 0 radical (unpaired) electrons. The van der Waals surface area contributed by atoms with E-state index in [0.717, 1.165) is 17.0 Å². The number of aliphatic hydroxyl groups excluding tert-OH is 1. The maximum absolute atomic E-state index is 11.7. The molecule has 2 atom stereocenters. The first-order valence-corrected chi connectivity index (χ1v) is 5.41. The quantitative estimate of drug-likeness (QED) is 0.812. The molecule has 2 unspecified atom stereocenters. The molecule has 1 fully saturated rings. The summed E-state index contributed by atoms with van der Waals surface area (Å²) in [6.07, 6.45) is -0.330. The first-order chi connectivity index (χ1) is 7.50. The Morgan fingerprint density at radius 2 is 2.25 bits per heavy atom. The molecular weight excluding hydrogens is 208 g/mol. The first-order valence-electron chi connectivity index (χ1n) is 5.41. The maximum atomic E-state index is 11.7. The molecule has 1 aliphatic rings. The van der Waals surface area contributed by atoms with Crippen molar-refractivity contribution < 1.29 is 14.4 Å². The lowest BCUT2D eigenvalue weighted by atomic mass is 10.1. The maximum Gasteiger partial charge on any atom is 0.225 e. The van der Waals surface area contributed by atoms with Crippen LogP contribution in [0.25, 0.3) is 0 Å². The van der Waals surface area contributed by atoms with Gasteiger partial charge in [-0.1, -0.05) is 5.16 Å². The van der Waals surface area contributed by atoms with E-state index in [0.29, 0.717) is 6.54 Å². The molecule has 16 heavy (non-hydrogen) atoms. The van der Waals surface area contributed by atoms with Crippen LogP contribution in [0.1, 0.15) is 36.4 Å². The predicted octanol–water partition coefficient (Wildman–Crippen LogP) is 0.946. The molecule has 0 aromatic carbocycles. The highest BCUT2D eigenvalue weighted by molar-refractivity contribution is 5.79. The lowest BCUT2D eigenvalue weighted by molar-refractivity contribution is -0.129. The first kappa shape index (κ1) is 11.1. The number of rotatable bonds is 2. The Kier molecular flexibility index (Phi) is 2.71. The number of hydrogen-bond donors (Lipinski definition) is 1. The highest BCUT2D eigenvalue weighted by atomic mass is 16.5. The third kappa shape index (κ3) is 1.71. The number of hydrogen-bond acceptors (Lipinski definition) is 4. The molecule has 0 aliphatic carbocycles. The third-order valence-electron chi connectivity index (χ3n) is 3.11. The zero-order valence-corrected chi connectivity index (χ0v) is 9.73. The van der Waals surface area contributed by atoms with Gasteiger partial charge in [0.05, 0.1) is 24.3 Å². The highest BCUT2D eigenvalue weighted by Gasteiger charge is 2.34. The van der Waals surface area contributed by atoms with Crippen molar-refractivity contribution in [1.29, 1.82) is 0 Å². The van der Waals surface area contributed by atoms with Gasteiger partial charge in [0.2, 0.25) is 5.91 Å². The summed E-state index contributed by atoms with van der Waals surface area (Å²) in [5, 5.41) is 13.3. The summed E-state index contributed by atoms with van der Waals surface area (Å²) >= 11 is 0. The molecule has 5 heteroatoms. The van der Waals surface area contributed by atoms with Crippen molar-refractivity contribution in [2.24, 2.45) is 0 Å². The van der Waals surface area contributed by atoms with Crippen molar-refractivity contribution in [2.75, 3.05) is 6.54 Å². The zero-order chi connectivity index (χ0) is 11.9. The number of likely N-dealkylation sites (tertiary alicyclic amines) is 1. The fourth-order valence-corrected chi connectivity index (χ4v) is 2.33. The lowest BCUT2D eigenvalue weighted by Gasteiger charge is -2.24. The zero-order valence-electron chi connectivity index (χ0n) is 9.73. The van der Waals surface area contributed by atoms with Crippen LogP contribution in [0, 0.1) is 13.8 Å². The van der Waals surface area contributed by atoms with E-state index >= 15 is 0 Å². The molecule has 1 aromatic heterocycles. The van der Waals surface area contributed by atoms with Crippen LogP contribution in [0.3, 0.4) is 0 Å². The molecule has 88 valence electrons. The van der Waals surface area contributed by atoms with Crippen LogP contribution in [-0.2, 0) is 4.79 Å². The van der Waals surface area contributed by atoms with Gasteiger partial charge in [0.1, 0.15) is 5.76 Å². The third-order valence-corrected chi connectivity index (χ3v) is 3.11. The van der Waals surface area contributed by atoms with Crippen molar-refractivity contribution in [2.45, 2.75) is 39.3 Å². The van der Waals surface area contributed by atoms with Crippen LogP contribution in [0.4, 0.5) is 0 Å². The Bertz CT molecular complexity index is 394. The number of aromatic nitrogens is 1. The van der Waals surface area contributed by atoms with E-state index in [4.69, 9.17) is 4.52 Å². The van der Waals surface area contributed by atoms with E-state index in [1.165, 1.54) is 0 Å². The average Bonchev–Trinajstić information content (AvgIpc) is 2.70. The van der Waals surface area contributed by atoms with Crippen LogP contribution in [0.15, 0.2) is 4.52 Å². The van der Waals surface area contributed by atoms with Crippen molar-refractivity contribution in [3.8, 4) is 0 Å². The number of nitrogens with zero attached hydrogens (tertiary/aromatic N) is 2. The Labute approximate surface area is 94.0 Å². The van der Waals surface area contributed by atoms with Crippen molar-refractivity contribution in [3.05, 3.63) is 17.0 Å². The standard InChI is InChI=1S/C11H16N2O3/c1-6-11(8(3)16-12-6)7(2)13-5-9(14)4-10(13)15/h7,9,14H,4-5H2,1-3H3. The summed E-state index contributed by atoms with van der Waals surface area (Å²) in [6.45, 7) is 6.02. The minimum atomic E-state index is -0.546. The van der Waals surface area contributed by atoms with Crippen molar-refractivity contribution >= 4 is 5.91 Å². The molecule has 2 rings (SSSR count). The molecule has 1 aliphatic heterocycles. The van der Waals surface area contributed by atoms with Gasteiger partial charge in [-0.15, -0.1) is 0 Å². The molecule has 1 aromatic rings. The Morgan fingerprint density at radius 1 is 1.56 bits per heavy atom. The monoisotopic (exact) mass is 224 g/mol. The summed E-state index contributed by atoms with van der Waals surface area (Å²) in [7, 11) is 0. The van der Waals surface area contributed by atoms with E-state index in [-0.39, 0.29) is 18.4 Å². The number of carbonyl (C=O) groups is 1. The van der Waals surface area contributed by atoms with Crippen molar-refractivity contribution in [3.63, 3.8) is 0 Å². The molecular formula is C11H16N2O3. The van der Waals surface area contributed by atoms with E-state index in [9.17, 15) is 9.90 Å². The second-order valence-corrected chi connectivity index (χ2v) is 4.32. The number of amides is 1. The number of aliphatic hydroxyl groups is 1. The SMILES string of the molecule is Cc1noc(C)c1C(C)N1CC(O)CC1=O. The fraction of sp³-hybridized carbons (Fsp3) is 0.636. The number of aryl methyl sites for hydroxylation is 2. The molecule has 0 saturated carbocycles. The topological polar surface area (TPSA) is 66.6 Å². The summed E-state index contributed by atoms with van der Waals surface area (Å²) < 4.78 is 5.09. The molecule has 1 saturated heterocycles. The normalized spacial score (nSPS) is 22.9. The molecule has 2 heterocycles. The predicted molar refractivity (Wildman–Crippen MR) is 56.7 cm³/mol. The highest BCUT2D eigenvalue weighted by Crippen LogP contribution is 2.29. The Hall–Kier alpha value is -1.36. The minimum Gasteiger partial charge on any atom is -0.391 e. The van der Waals surface area contributed by atoms with Crippen LogP contribution in [0.5, 0.6) is 0 Å². The van der Waals surface area contributed by atoms with Crippen LogP contribution in [-0.4, -0.2) is 33.7 Å². The summed E-state index contributed by atoms with van der Waals surface area (Å²) in [6, 6.07) is -0.0871. The van der Waals surface area contributed by atoms with E-state index in [1.807, 2.05) is 20.8 Å². The lowest BCUT2D eigenvalue weighted by Crippen LogP contribution is -2.29. The smallest absolute Gasteiger partial charge is 0.225 e. The van der Waals surface area contributed by atoms with Gasteiger partial charge in [0.25, 0.3) is 0 Å². The van der Waals surface area contributed by atoms with Gasteiger partial charge in [-0.05, 0) is 20.8 Å². The van der Waals surface area contributed by atoms with Crippen LogP contribution in [0.2, 0.25) is 0 Å². The van der Waals surface area contributed by atoms with Crippen LogP contribution < -0.4 is 0 Å². The van der Waals surface area contributed by atoms with E-state index in [2.05, 4.69) is 5.16 Å². The van der Waals surface area contributed by atoms with Gasteiger partial charge in [0.15, 0.2) is 0 Å². The molecule has 1 amide bonds. The second-order valence-electron chi connectivity index (χ2n) is 4.32. The Morgan fingerprint density at radius 3 is 2.69 bits per heavy atom. The van der Waals surface area contributed by atoms with Gasteiger partial charge < -0.3 is 14.5 Å². The van der Waals surface area contributed by atoms with Gasteiger partial charge >= 0.3 is 0 Å². The summed E-state index contributed by atoms with van der Waals surface area (Å²) in [4.78, 5) is 13.3. The minimum absolute atomic E-state index is 0.0139. The van der Waals surface area contributed by atoms with Gasteiger partial charge in [-0.3, -0.25) is 4.79 Å². The van der Waals surface area contributed by atoms with Crippen LogP contribution >= 0.6 is 0 Å². The second kappa shape index (κ2) is 3.90. The Balaban J connectivity index is 2.26. The van der Waals surface area contributed by atoms with Gasteiger partial charge in [-0.2, -0.15) is 0 Å². The van der Waals surface area contributed by atoms with Crippen molar-refractivity contribution in [1.82, 2.24) is 10.1 Å². The average molecular weight is 224 g/mol. The summed E-state index contributed by atoms with van der Waals surface area (Å²) in [5.41, 5.74) is 1.75. The number of carbonyl (C=O) groups excluding carboxylic acids is 1. The largest absolute Gasteiger partial charge is 0.391 e. The van der Waals surface area contributed by atoms with Gasteiger partial charge in [-0.25, -0.2) is 0 Å². The molecule has 1 N–H and O–H groups in total. The molecule has 5 nitrogen and oxygen atoms in total. The van der Waals surface area contributed by atoms with E-state index in [1.54, 1.807) is 4.90 Å². The molecule has 0 bridgehead atoms. The summed E-state index contributed by atoms with van der Waals surface area (Å²) in [5.74, 6) is 0.721. The van der Waals surface area contributed by atoms with E-state index < -0.39 is 6.10 Å². The fourth-order valence-electron chi connectivity index (χ4n) is 2.33.